The molecule has 0 N–H and O–H groups in total. The van der Waals surface area contributed by atoms with Crippen molar-refractivity contribution in [3.05, 3.63) is 65.6 Å². The van der Waals surface area contributed by atoms with E-state index in [2.05, 4.69) is 15.1 Å². The van der Waals surface area contributed by atoms with Crippen LogP contribution in [0.2, 0.25) is 0 Å². The molecule has 0 radical (unpaired) electrons. The van der Waals surface area contributed by atoms with Crippen molar-refractivity contribution < 1.29 is 27.5 Å². The number of nitrogens with zero attached hydrogens (tertiary/aromatic N) is 6. The number of aromatic nitrogens is 4. The van der Waals surface area contributed by atoms with E-state index in [-0.39, 0.29) is 5.91 Å². The molecule has 4 aromatic rings. The largest absolute Gasteiger partial charge is 0.416 e. The van der Waals surface area contributed by atoms with E-state index < -0.39 is 11.7 Å². The molecule has 2 aromatic heterocycles. The van der Waals surface area contributed by atoms with Gasteiger partial charge in [-0.15, -0.1) is 0 Å². The third-order valence-electron chi connectivity index (χ3n) is 6.57. The molecule has 0 saturated heterocycles. The van der Waals surface area contributed by atoms with Crippen molar-refractivity contribution in [1.82, 2.24) is 19.7 Å². The van der Waals surface area contributed by atoms with Gasteiger partial charge < -0.3 is 14.5 Å². The van der Waals surface area contributed by atoms with Gasteiger partial charge in [-0.25, -0.2) is 9.97 Å². The second-order valence-electron chi connectivity index (χ2n) is 9.02. The van der Waals surface area contributed by atoms with E-state index in [1.165, 1.54) is 23.4 Å². The highest BCUT2D eigenvalue weighted by atomic mass is 19.4. The summed E-state index contributed by atoms with van der Waals surface area (Å²) in [4.78, 5) is 37.1. The average molecular weight is 539 g/mol. The van der Waals surface area contributed by atoms with Crippen molar-refractivity contribution in [2.45, 2.75) is 26.6 Å². The maximum atomic E-state index is 13.6. The predicted molar refractivity (Wildman–Crippen MR) is 139 cm³/mol. The van der Waals surface area contributed by atoms with Crippen LogP contribution in [0.3, 0.4) is 0 Å². The Bertz CT molecular complexity index is 1550. The van der Waals surface area contributed by atoms with Gasteiger partial charge in [0.2, 0.25) is 6.41 Å². The van der Waals surface area contributed by atoms with E-state index in [0.717, 1.165) is 17.7 Å². The van der Waals surface area contributed by atoms with Crippen LogP contribution in [0, 0.1) is 6.92 Å². The van der Waals surface area contributed by atoms with Gasteiger partial charge in [-0.05, 0) is 55.8 Å². The summed E-state index contributed by atoms with van der Waals surface area (Å²) in [7, 11) is 0. The van der Waals surface area contributed by atoms with Crippen LogP contribution in [-0.2, 0) is 22.3 Å². The zero-order valence-electron chi connectivity index (χ0n) is 21.3. The Morgan fingerprint density at radius 2 is 1.95 bits per heavy atom. The van der Waals surface area contributed by atoms with Crippen molar-refractivity contribution in [1.29, 1.82) is 0 Å². The molecule has 0 aliphatic carbocycles. The molecule has 3 heterocycles. The zero-order chi connectivity index (χ0) is 27.7. The Labute approximate surface area is 221 Å². The standard InChI is InChI=1S/C27H25F3N6O3/c1-3-39-11-10-34(16-37)23-15-32-36-9-8-35(26(38)24(23)36)22-7-4-18(12-17(22)2)25-31-14-19-13-20(27(28,29)30)5-6-21(19)33-25/h4-7,12-16H,3,8-11H2,1-2H3. The van der Waals surface area contributed by atoms with Crippen molar-refractivity contribution in [3.8, 4) is 11.4 Å². The zero-order valence-corrected chi connectivity index (χ0v) is 21.3. The van der Waals surface area contributed by atoms with Crippen molar-refractivity contribution in [2.24, 2.45) is 0 Å². The number of fused-ring (bicyclic) bond motifs is 2. The summed E-state index contributed by atoms with van der Waals surface area (Å²) in [5.74, 6) is 0.0773. The molecule has 202 valence electrons. The van der Waals surface area contributed by atoms with Gasteiger partial charge >= 0.3 is 6.18 Å². The second kappa shape index (κ2) is 10.4. The lowest BCUT2D eigenvalue weighted by molar-refractivity contribution is -0.137. The molecule has 0 fully saturated rings. The van der Waals surface area contributed by atoms with Crippen LogP contribution in [-0.4, -0.2) is 58.4 Å². The minimum absolute atomic E-state index is 0.282. The molecule has 0 unspecified atom stereocenters. The minimum atomic E-state index is -4.45. The molecular weight excluding hydrogens is 513 g/mol. The molecule has 0 spiro atoms. The molecule has 5 rings (SSSR count). The van der Waals surface area contributed by atoms with Gasteiger partial charge in [-0.3, -0.25) is 14.3 Å². The Hall–Kier alpha value is -4.32. The topological polar surface area (TPSA) is 93.5 Å². The number of carbonyl (C=O) groups is 2. The first-order valence-corrected chi connectivity index (χ1v) is 12.3. The van der Waals surface area contributed by atoms with Gasteiger partial charge in [-0.1, -0.05) is 0 Å². The van der Waals surface area contributed by atoms with Crippen LogP contribution in [0.1, 0.15) is 28.5 Å². The Morgan fingerprint density at radius 1 is 1.13 bits per heavy atom. The van der Waals surface area contributed by atoms with E-state index in [1.807, 2.05) is 19.9 Å². The fraction of sp³-hybridized carbons (Fsp3) is 0.296. The van der Waals surface area contributed by atoms with Crippen molar-refractivity contribution in [3.63, 3.8) is 0 Å². The number of ether oxygens (including phenoxy) is 1. The van der Waals surface area contributed by atoms with Crippen LogP contribution >= 0.6 is 0 Å². The molecule has 12 heteroatoms. The maximum absolute atomic E-state index is 13.6. The van der Waals surface area contributed by atoms with Gasteiger partial charge in [0.15, 0.2) is 11.5 Å². The smallest absolute Gasteiger partial charge is 0.380 e. The van der Waals surface area contributed by atoms with Gasteiger partial charge in [0, 0.05) is 42.5 Å². The van der Waals surface area contributed by atoms with Gasteiger partial charge in [0.05, 0.1) is 36.1 Å². The fourth-order valence-electron chi connectivity index (χ4n) is 4.61. The lowest BCUT2D eigenvalue weighted by atomic mass is 10.1. The highest BCUT2D eigenvalue weighted by Gasteiger charge is 2.33. The number of rotatable bonds is 8. The van der Waals surface area contributed by atoms with E-state index in [1.54, 1.807) is 21.7 Å². The van der Waals surface area contributed by atoms with Crippen molar-refractivity contribution in [2.75, 3.05) is 36.1 Å². The highest BCUT2D eigenvalue weighted by molar-refractivity contribution is 6.10. The highest BCUT2D eigenvalue weighted by Crippen LogP contribution is 2.33. The summed E-state index contributed by atoms with van der Waals surface area (Å²) in [5.41, 5.74) is 2.52. The van der Waals surface area contributed by atoms with E-state index in [0.29, 0.717) is 78.6 Å². The minimum Gasteiger partial charge on any atom is -0.380 e. The predicted octanol–water partition coefficient (Wildman–Crippen LogP) is 4.48. The number of benzene rings is 2. The third kappa shape index (κ3) is 5.07. The van der Waals surface area contributed by atoms with Gasteiger partial charge in [-0.2, -0.15) is 18.3 Å². The molecular formula is C27H25F3N6O3. The molecule has 39 heavy (non-hydrogen) atoms. The average Bonchev–Trinajstić information content (AvgIpc) is 3.35. The summed E-state index contributed by atoms with van der Waals surface area (Å²) in [6.07, 6.45) is -0.894. The number of aryl methyl sites for hydroxylation is 1. The number of carbonyl (C=O) groups excluding carboxylic acids is 2. The number of anilines is 2. The number of hydrogen-bond donors (Lipinski definition) is 0. The van der Waals surface area contributed by atoms with Crippen LogP contribution in [0.15, 0.2) is 48.8 Å². The number of amides is 2. The maximum Gasteiger partial charge on any atom is 0.416 e. The van der Waals surface area contributed by atoms with Crippen molar-refractivity contribution >= 4 is 34.6 Å². The summed E-state index contributed by atoms with van der Waals surface area (Å²) in [6, 6.07) is 8.75. The number of halogens is 3. The summed E-state index contributed by atoms with van der Waals surface area (Å²) >= 11 is 0. The van der Waals surface area contributed by atoms with E-state index in [4.69, 9.17) is 4.74 Å². The van der Waals surface area contributed by atoms with E-state index in [9.17, 15) is 22.8 Å². The van der Waals surface area contributed by atoms with Gasteiger partial charge in [0.1, 0.15) is 0 Å². The van der Waals surface area contributed by atoms with Crippen LogP contribution in [0.25, 0.3) is 22.3 Å². The fourth-order valence-corrected chi connectivity index (χ4v) is 4.61. The number of hydrogen-bond acceptors (Lipinski definition) is 6. The Kier molecular flexibility index (Phi) is 7.04. The molecule has 9 nitrogen and oxygen atoms in total. The molecule has 1 aliphatic rings. The van der Waals surface area contributed by atoms with Gasteiger partial charge in [0.25, 0.3) is 5.91 Å². The summed E-state index contributed by atoms with van der Waals surface area (Å²) in [6.45, 7) is 5.70. The monoisotopic (exact) mass is 538 g/mol. The Balaban J connectivity index is 1.41. The normalized spacial score (nSPS) is 13.6. The Morgan fingerprint density at radius 3 is 2.67 bits per heavy atom. The summed E-state index contributed by atoms with van der Waals surface area (Å²) < 4.78 is 46.1. The lowest BCUT2D eigenvalue weighted by Gasteiger charge is -2.30. The molecule has 0 atom stereocenters. The van der Waals surface area contributed by atoms with Crippen LogP contribution in [0.5, 0.6) is 0 Å². The first kappa shape index (κ1) is 26.3. The quantitative estimate of drug-likeness (QED) is 0.243. The molecule has 0 saturated carbocycles. The first-order chi connectivity index (χ1) is 18.7. The first-order valence-electron chi connectivity index (χ1n) is 12.3. The third-order valence-corrected chi connectivity index (χ3v) is 6.57. The molecule has 0 bridgehead atoms. The SMILES string of the molecule is CCOCCN(C=O)c1cnn2c1C(=O)N(c1ccc(-c3ncc4cc(C(F)(F)F)ccc4n3)cc1C)CC2. The molecule has 1 aliphatic heterocycles. The molecule has 2 amide bonds. The number of alkyl halides is 3. The van der Waals surface area contributed by atoms with E-state index >= 15 is 0 Å². The lowest BCUT2D eigenvalue weighted by Crippen LogP contribution is -2.42. The van der Waals surface area contributed by atoms with Crippen LogP contribution < -0.4 is 9.80 Å². The summed E-state index contributed by atoms with van der Waals surface area (Å²) in [5, 5.41) is 4.59. The van der Waals surface area contributed by atoms with Crippen LogP contribution in [0.4, 0.5) is 24.5 Å². The molecule has 2 aromatic carbocycles. The second-order valence-corrected chi connectivity index (χ2v) is 9.02.